The SMILES string of the molecule is C=CCCC(=C)O[Si](C)(C)C. The van der Waals surface area contributed by atoms with Crippen molar-refractivity contribution in [3.05, 3.63) is 25.0 Å². The van der Waals surface area contributed by atoms with Gasteiger partial charge in [0.1, 0.15) is 0 Å². The Bertz CT molecular complexity index is 144. The van der Waals surface area contributed by atoms with Gasteiger partial charge in [-0.3, -0.25) is 0 Å². The highest BCUT2D eigenvalue weighted by Crippen LogP contribution is 2.12. The molecule has 64 valence electrons. The molecule has 0 rings (SSSR count). The fourth-order valence-corrected chi connectivity index (χ4v) is 1.72. The minimum atomic E-state index is -1.40. The first-order valence-corrected chi connectivity index (χ1v) is 7.34. The highest BCUT2D eigenvalue weighted by Gasteiger charge is 2.15. The number of hydrogen-bond donors (Lipinski definition) is 0. The Labute approximate surface area is 70.9 Å². The molecule has 0 atom stereocenters. The Kier molecular flexibility index (Phi) is 4.19. The second-order valence-corrected chi connectivity index (χ2v) is 8.01. The molecule has 0 aliphatic heterocycles. The lowest BCUT2D eigenvalue weighted by Gasteiger charge is -2.20. The average molecular weight is 170 g/mol. The van der Waals surface area contributed by atoms with Gasteiger partial charge in [0, 0.05) is 6.42 Å². The molecule has 0 saturated heterocycles. The van der Waals surface area contributed by atoms with Crippen LogP contribution in [0.5, 0.6) is 0 Å². The molecule has 0 unspecified atom stereocenters. The molecule has 0 N–H and O–H groups in total. The maximum Gasteiger partial charge on any atom is 0.241 e. The molecule has 0 aliphatic carbocycles. The molecular formula is C9H18OSi. The van der Waals surface area contributed by atoms with Crippen molar-refractivity contribution in [2.45, 2.75) is 32.5 Å². The minimum Gasteiger partial charge on any atom is -0.548 e. The first kappa shape index (κ1) is 10.5. The van der Waals surface area contributed by atoms with E-state index in [1.165, 1.54) is 0 Å². The second-order valence-electron chi connectivity index (χ2n) is 3.58. The summed E-state index contributed by atoms with van der Waals surface area (Å²) >= 11 is 0. The number of rotatable bonds is 5. The summed E-state index contributed by atoms with van der Waals surface area (Å²) in [5, 5.41) is 0. The lowest BCUT2D eigenvalue weighted by atomic mass is 10.3. The number of allylic oxidation sites excluding steroid dienone is 2. The summed E-state index contributed by atoms with van der Waals surface area (Å²) in [6, 6.07) is 0. The van der Waals surface area contributed by atoms with Gasteiger partial charge in [0.25, 0.3) is 0 Å². The molecule has 0 aromatic carbocycles. The van der Waals surface area contributed by atoms with E-state index in [0.717, 1.165) is 18.6 Å². The highest BCUT2D eigenvalue weighted by molar-refractivity contribution is 6.70. The largest absolute Gasteiger partial charge is 0.548 e. The molecule has 0 spiro atoms. The molecule has 0 fully saturated rings. The zero-order valence-corrected chi connectivity index (χ0v) is 8.81. The Hall–Kier alpha value is -0.503. The van der Waals surface area contributed by atoms with Crippen LogP contribution in [0.4, 0.5) is 0 Å². The van der Waals surface area contributed by atoms with Gasteiger partial charge < -0.3 is 4.43 Å². The summed E-state index contributed by atoms with van der Waals surface area (Å²) in [4.78, 5) is 0. The lowest BCUT2D eigenvalue weighted by Crippen LogP contribution is -2.24. The average Bonchev–Trinajstić information content (AvgIpc) is 1.79. The van der Waals surface area contributed by atoms with Crippen LogP contribution < -0.4 is 0 Å². The van der Waals surface area contributed by atoms with Crippen LogP contribution in [0.3, 0.4) is 0 Å². The van der Waals surface area contributed by atoms with Gasteiger partial charge in [-0.15, -0.1) is 6.58 Å². The molecule has 0 saturated carbocycles. The minimum absolute atomic E-state index is 0.907. The van der Waals surface area contributed by atoms with Crippen LogP contribution in [0.2, 0.25) is 19.6 Å². The van der Waals surface area contributed by atoms with Crippen molar-refractivity contribution >= 4 is 8.32 Å². The van der Waals surface area contributed by atoms with Crippen LogP contribution in [-0.4, -0.2) is 8.32 Å². The third kappa shape index (κ3) is 7.39. The number of hydrogen-bond acceptors (Lipinski definition) is 1. The van der Waals surface area contributed by atoms with Crippen LogP contribution >= 0.6 is 0 Å². The Balaban J connectivity index is 3.61. The van der Waals surface area contributed by atoms with Crippen LogP contribution in [0.25, 0.3) is 0 Å². The van der Waals surface area contributed by atoms with Gasteiger partial charge in [-0.1, -0.05) is 12.7 Å². The van der Waals surface area contributed by atoms with Crippen molar-refractivity contribution in [2.24, 2.45) is 0 Å². The first-order chi connectivity index (χ1) is 4.95. The van der Waals surface area contributed by atoms with Crippen molar-refractivity contribution in [3.63, 3.8) is 0 Å². The van der Waals surface area contributed by atoms with E-state index in [4.69, 9.17) is 4.43 Å². The van der Waals surface area contributed by atoms with E-state index in [2.05, 4.69) is 32.8 Å². The molecule has 0 amide bonds. The molecule has 0 radical (unpaired) electrons. The quantitative estimate of drug-likeness (QED) is 0.349. The normalized spacial score (nSPS) is 10.8. The zero-order valence-electron chi connectivity index (χ0n) is 7.81. The van der Waals surface area contributed by atoms with Crippen molar-refractivity contribution in [1.82, 2.24) is 0 Å². The lowest BCUT2D eigenvalue weighted by molar-refractivity contribution is 0.403. The molecule has 0 bridgehead atoms. The predicted molar refractivity (Wildman–Crippen MR) is 53.0 cm³/mol. The summed E-state index contributed by atoms with van der Waals surface area (Å²) in [6.07, 6.45) is 3.76. The van der Waals surface area contributed by atoms with Gasteiger partial charge in [0.2, 0.25) is 8.32 Å². The van der Waals surface area contributed by atoms with Crippen LogP contribution in [0.15, 0.2) is 25.0 Å². The van der Waals surface area contributed by atoms with Crippen LogP contribution in [0, 0.1) is 0 Å². The van der Waals surface area contributed by atoms with Gasteiger partial charge in [-0.05, 0) is 26.1 Å². The molecule has 2 heteroatoms. The van der Waals surface area contributed by atoms with Gasteiger partial charge in [0.05, 0.1) is 5.76 Å². The van der Waals surface area contributed by atoms with Crippen LogP contribution in [0.1, 0.15) is 12.8 Å². The van der Waals surface area contributed by atoms with E-state index < -0.39 is 8.32 Å². The molecule has 11 heavy (non-hydrogen) atoms. The molecular weight excluding hydrogens is 152 g/mol. The standard InChI is InChI=1S/C9H18OSi/c1-6-7-8-9(2)10-11(3,4)5/h6H,1-2,7-8H2,3-5H3. The van der Waals surface area contributed by atoms with E-state index in [1.807, 2.05) is 6.08 Å². The van der Waals surface area contributed by atoms with Gasteiger partial charge >= 0.3 is 0 Å². The summed E-state index contributed by atoms with van der Waals surface area (Å²) in [7, 11) is -1.40. The summed E-state index contributed by atoms with van der Waals surface area (Å²) in [5.41, 5.74) is 0. The third-order valence-electron chi connectivity index (χ3n) is 1.08. The Morgan fingerprint density at radius 3 is 2.36 bits per heavy atom. The van der Waals surface area contributed by atoms with Crippen molar-refractivity contribution in [1.29, 1.82) is 0 Å². The summed E-state index contributed by atoms with van der Waals surface area (Å²) < 4.78 is 5.64. The monoisotopic (exact) mass is 170 g/mol. The van der Waals surface area contributed by atoms with E-state index in [9.17, 15) is 0 Å². The zero-order chi connectivity index (χ0) is 8.91. The summed E-state index contributed by atoms with van der Waals surface area (Å²) in [5.74, 6) is 0.907. The maximum absolute atomic E-state index is 5.64. The molecule has 1 nitrogen and oxygen atoms in total. The third-order valence-corrected chi connectivity index (χ3v) is 1.98. The fourth-order valence-electron chi connectivity index (χ4n) is 0.747. The van der Waals surface area contributed by atoms with Crippen molar-refractivity contribution < 1.29 is 4.43 Å². The topological polar surface area (TPSA) is 9.23 Å². The summed E-state index contributed by atoms with van der Waals surface area (Å²) in [6.45, 7) is 14.0. The van der Waals surface area contributed by atoms with Crippen LogP contribution in [-0.2, 0) is 4.43 Å². The molecule has 0 aliphatic rings. The van der Waals surface area contributed by atoms with E-state index >= 15 is 0 Å². The van der Waals surface area contributed by atoms with E-state index in [1.54, 1.807) is 0 Å². The van der Waals surface area contributed by atoms with Gasteiger partial charge in [-0.25, -0.2) is 0 Å². The second kappa shape index (κ2) is 4.39. The Morgan fingerprint density at radius 1 is 1.45 bits per heavy atom. The molecule has 0 aromatic rings. The predicted octanol–water partition coefficient (Wildman–Crippen LogP) is 3.32. The smallest absolute Gasteiger partial charge is 0.241 e. The maximum atomic E-state index is 5.64. The molecule has 0 aromatic heterocycles. The first-order valence-electron chi connectivity index (χ1n) is 3.93. The van der Waals surface area contributed by atoms with Crippen molar-refractivity contribution in [3.8, 4) is 0 Å². The molecule has 0 heterocycles. The highest BCUT2D eigenvalue weighted by atomic mass is 28.4. The van der Waals surface area contributed by atoms with Gasteiger partial charge in [0.15, 0.2) is 0 Å². The fraction of sp³-hybridized carbons (Fsp3) is 0.556. The van der Waals surface area contributed by atoms with E-state index in [-0.39, 0.29) is 0 Å². The Morgan fingerprint density at radius 2 is 2.00 bits per heavy atom. The van der Waals surface area contributed by atoms with E-state index in [0.29, 0.717) is 0 Å². The van der Waals surface area contributed by atoms with Crippen molar-refractivity contribution in [2.75, 3.05) is 0 Å². The van der Waals surface area contributed by atoms with Gasteiger partial charge in [-0.2, -0.15) is 0 Å².